The number of fused-ring (bicyclic) bond motifs is 1. The van der Waals surface area contributed by atoms with Crippen molar-refractivity contribution in [2.45, 2.75) is 77.7 Å². The Bertz CT molecular complexity index is 988. The summed E-state index contributed by atoms with van der Waals surface area (Å²) in [6.07, 6.45) is 9.08. The van der Waals surface area contributed by atoms with Crippen molar-refractivity contribution < 1.29 is 4.79 Å². The first-order valence-corrected chi connectivity index (χ1v) is 11.6. The number of aromatic nitrogens is 2. The summed E-state index contributed by atoms with van der Waals surface area (Å²) in [7, 11) is 1.85. The highest BCUT2D eigenvalue weighted by atomic mass is 16.2. The third-order valence-electron chi connectivity index (χ3n) is 7.60. The average Bonchev–Trinajstić information content (AvgIpc) is 2.73. The van der Waals surface area contributed by atoms with Crippen LogP contribution >= 0.6 is 0 Å². The van der Waals surface area contributed by atoms with Crippen molar-refractivity contribution in [3.63, 3.8) is 0 Å². The fraction of sp³-hybridized carbons (Fsp3) is 0.640. The predicted molar refractivity (Wildman–Crippen MR) is 121 cm³/mol. The van der Waals surface area contributed by atoms with Gasteiger partial charge in [-0.15, -0.1) is 0 Å². The van der Waals surface area contributed by atoms with Gasteiger partial charge in [-0.3, -0.25) is 14.6 Å². The summed E-state index contributed by atoms with van der Waals surface area (Å²) in [6, 6.07) is 4.17. The van der Waals surface area contributed by atoms with Crippen molar-refractivity contribution in [1.82, 2.24) is 14.9 Å². The van der Waals surface area contributed by atoms with Crippen molar-refractivity contribution in [3.8, 4) is 0 Å². The van der Waals surface area contributed by atoms with Crippen LogP contribution in [0, 0.1) is 24.7 Å². The third-order valence-corrected chi connectivity index (χ3v) is 7.60. The zero-order valence-electron chi connectivity index (χ0n) is 18.8. The van der Waals surface area contributed by atoms with E-state index in [1.165, 1.54) is 0 Å². The number of aryl methyl sites for hydroxylation is 2. The van der Waals surface area contributed by atoms with E-state index in [0.29, 0.717) is 5.92 Å². The van der Waals surface area contributed by atoms with Gasteiger partial charge in [0.1, 0.15) is 0 Å². The van der Waals surface area contributed by atoms with E-state index in [1.54, 1.807) is 4.57 Å². The van der Waals surface area contributed by atoms with E-state index in [1.807, 2.05) is 32.3 Å². The summed E-state index contributed by atoms with van der Waals surface area (Å²) < 4.78 is 1.76. The topological polar surface area (TPSA) is 64.0 Å². The molecule has 0 aliphatic heterocycles. The lowest BCUT2D eigenvalue weighted by Crippen LogP contribution is -2.44. The monoisotopic (exact) mass is 409 g/mol. The van der Waals surface area contributed by atoms with Crippen LogP contribution in [0.5, 0.6) is 0 Å². The first-order chi connectivity index (χ1) is 14.3. The second kappa shape index (κ2) is 8.52. The maximum atomic E-state index is 13.2. The molecule has 2 aromatic heterocycles. The molecule has 3 unspecified atom stereocenters. The summed E-state index contributed by atoms with van der Waals surface area (Å²) in [4.78, 5) is 30.5. The predicted octanol–water partition coefficient (Wildman–Crippen LogP) is 4.46. The Balaban J connectivity index is 1.54. The fourth-order valence-electron chi connectivity index (χ4n) is 5.48. The molecular weight excluding hydrogens is 374 g/mol. The maximum absolute atomic E-state index is 13.2. The fourth-order valence-corrected chi connectivity index (χ4v) is 5.48. The van der Waals surface area contributed by atoms with Gasteiger partial charge in [0.05, 0.1) is 5.52 Å². The molecule has 0 saturated heterocycles. The molecule has 5 heteroatoms. The number of pyridine rings is 2. The van der Waals surface area contributed by atoms with Gasteiger partial charge in [0, 0.05) is 41.8 Å². The van der Waals surface area contributed by atoms with Gasteiger partial charge in [-0.05, 0) is 81.8 Å². The van der Waals surface area contributed by atoms with E-state index in [2.05, 4.69) is 24.1 Å². The van der Waals surface area contributed by atoms with Crippen molar-refractivity contribution in [1.29, 1.82) is 0 Å². The Kier molecular flexibility index (Phi) is 5.99. The lowest BCUT2D eigenvalue weighted by Gasteiger charge is -2.36. The molecule has 0 spiro atoms. The molecule has 2 aliphatic rings. The molecule has 1 N–H and O–H groups in total. The molecule has 2 saturated carbocycles. The summed E-state index contributed by atoms with van der Waals surface area (Å²) in [5, 5.41) is 4.35. The van der Waals surface area contributed by atoms with Crippen LogP contribution < -0.4 is 10.9 Å². The van der Waals surface area contributed by atoms with E-state index in [9.17, 15) is 9.59 Å². The standard InChI is InChI=1S/C25H35N3O2/c1-15-5-8-18(9-6-15)24(29)27-20-10-7-16(2)21(13-20)22-12-19-14-26-17(3)11-23(19)28(4)25(22)30/h11-12,14-16,18,20-21H,5-10,13H2,1-4H3,(H,27,29). The molecular formula is C25H35N3O2. The minimum Gasteiger partial charge on any atom is -0.353 e. The van der Waals surface area contributed by atoms with Crippen molar-refractivity contribution in [2.24, 2.45) is 24.8 Å². The minimum absolute atomic E-state index is 0.0817. The Labute approximate surface area is 179 Å². The summed E-state index contributed by atoms with van der Waals surface area (Å²) in [5.41, 5.74) is 2.79. The first-order valence-electron chi connectivity index (χ1n) is 11.6. The van der Waals surface area contributed by atoms with Crippen molar-refractivity contribution >= 4 is 16.8 Å². The van der Waals surface area contributed by atoms with Crippen LogP contribution in [-0.2, 0) is 11.8 Å². The van der Waals surface area contributed by atoms with Crippen LogP contribution in [0.15, 0.2) is 23.1 Å². The van der Waals surface area contributed by atoms with Gasteiger partial charge >= 0.3 is 0 Å². The van der Waals surface area contributed by atoms with E-state index in [4.69, 9.17) is 0 Å². The van der Waals surface area contributed by atoms with Gasteiger partial charge in [0.25, 0.3) is 5.56 Å². The van der Waals surface area contributed by atoms with Crippen LogP contribution in [-0.4, -0.2) is 21.5 Å². The number of hydrogen-bond donors (Lipinski definition) is 1. The number of carbonyl (C=O) groups is 1. The molecule has 2 aromatic rings. The normalized spacial score (nSPS) is 29.7. The molecule has 0 aromatic carbocycles. The Morgan fingerprint density at radius 3 is 2.57 bits per heavy atom. The van der Waals surface area contributed by atoms with Crippen LogP contribution in [0.1, 0.15) is 76.0 Å². The molecule has 5 nitrogen and oxygen atoms in total. The van der Waals surface area contributed by atoms with Gasteiger partial charge in [-0.2, -0.15) is 0 Å². The number of nitrogens with one attached hydrogen (secondary N) is 1. The molecule has 2 fully saturated rings. The third kappa shape index (κ3) is 4.17. The van der Waals surface area contributed by atoms with Gasteiger partial charge < -0.3 is 9.88 Å². The molecule has 30 heavy (non-hydrogen) atoms. The quantitative estimate of drug-likeness (QED) is 0.814. The van der Waals surface area contributed by atoms with Gasteiger partial charge in [0.15, 0.2) is 0 Å². The second-order valence-electron chi connectivity index (χ2n) is 9.91. The number of amides is 1. The average molecular weight is 410 g/mol. The summed E-state index contributed by atoms with van der Waals surface area (Å²) in [5.74, 6) is 1.74. The maximum Gasteiger partial charge on any atom is 0.254 e. The molecule has 2 heterocycles. The first kappa shape index (κ1) is 21.1. The van der Waals surface area contributed by atoms with E-state index < -0.39 is 0 Å². The SMILES string of the molecule is Cc1cc2c(cn1)cc(C1CC(NC(=O)C3CCC(C)CC3)CCC1C)c(=O)n2C. The molecule has 162 valence electrons. The molecule has 4 rings (SSSR count). The van der Waals surface area contributed by atoms with E-state index >= 15 is 0 Å². The Morgan fingerprint density at radius 2 is 1.83 bits per heavy atom. The highest BCUT2D eigenvalue weighted by molar-refractivity contribution is 5.80. The van der Waals surface area contributed by atoms with Crippen LogP contribution in [0.4, 0.5) is 0 Å². The van der Waals surface area contributed by atoms with Gasteiger partial charge in [0.2, 0.25) is 5.91 Å². The van der Waals surface area contributed by atoms with Crippen molar-refractivity contribution in [3.05, 3.63) is 39.9 Å². The van der Waals surface area contributed by atoms with Crippen LogP contribution in [0.2, 0.25) is 0 Å². The lowest BCUT2D eigenvalue weighted by molar-refractivity contribution is -0.127. The smallest absolute Gasteiger partial charge is 0.254 e. The van der Waals surface area contributed by atoms with Gasteiger partial charge in [-0.1, -0.05) is 13.8 Å². The van der Waals surface area contributed by atoms with Crippen LogP contribution in [0.25, 0.3) is 10.9 Å². The van der Waals surface area contributed by atoms with E-state index in [0.717, 1.165) is 73.0 Å². The zero-order valence-corrected chi connectivity index (χ0v) is 18.8. The molecule has 3 atom stereocenters. The molecule has 0 bridgehead atoms. The number of hydrogen-bond acceptors (Lipinski definition) is 3. The summed E-state index contributed by atoms with van der Waals surface area (Å²) in [6.45, 7) is 6.46. The highest BCUT2D eigenvalue weighted by Gasteiger charge is 2.33. The molecule has 1 amide bonds. The lowest BCUT2D eigenvalue weighted by atomic mass is 9.74. The number of carbonyl (C=O) groups excluding carboxylic acids is 1. The van der Waals surface area contributed by atoms with Gasteiger partial charge in [-0.25, -0.2) is 0 Å². The van der Waals surface area contributed by atoms with Crippen molar-refractivity contribution in [2.75, 3.05) is 0 Å². The summed E-state index contributed by atoms with van der Waals surface area (Å²) >= 11 is 0. The number of nitrogens with zero attached hydrogens (tertiary/aromatic N) is 2. The number of rotatable bonds is 3. The highest BCUT2D eigenvalue weighted by Crippen LogP contribution is 2.37. The molecule has 2 aliphatic carbocycles. The Morgan fingerprint density at radius 1 is 1.10 bits per heavy atom. The largest absolute Gasteiger partial charge is 0.353 e. The minimum atomic E-state index is 0.0817. The Hall–Kier alpha value is -2.17. The second-order valence-corrected chi connectivity index (χ2v) is 9.91. The molecule has 0 radical (unpaired) electrons. The van der Waals surface area contributed by atoms with E-state index in [-0.39, 0.29) is 29.3 Å². The van der Waals surface area contributed by atoms with Crippen LogP contribution in [0.3, 0.4) is 0 Å². The zero-order chi connectivity index (χ0) is 21.4.